The number of amides is 1. The maximum Gasteiger partial charge on any atom is 0.244 e. The summed E-state index contributed by atoms with van der Waals surface area (Å²) in [5.41, 5.74) is 3.18. The molecular formula is C23H32N4O3S. The molecule has 3 rings (SSSR count). The van der Waals surface area contributed by atoms with E-state index < -0.39 is 10.0 Å². The quantitative estimate of drug-likeness (QED) is 0.709. The third-order valence-electron chi connectivity index (χ3n) is 5.61. The lowest BCUT2D eigenvalue weighted by atomic mass is 9.92. The number of pyridine rings is 1. The second-order valence-electron chi connectivity index (χ2n) is 8.54. The highest BCUT2D eigenvalue weighted by atomic mass is 32.2. The van der Waals surface area contributed by atoms with Gasteiger partial charge in [0.05, 0.1) is 6.54 Å². The fourth-order valence-corrected chi connectivity index (χ4v) is 5.24. The Morgan fingerprint density at radius 1 is 1.00 bits per heavy atom. The number of para-hydroxylation sites is 1. The highest BCUT2D eigenvalue weighted by Crippen LogP contribution is 2.32. The van der Waals surface area contributed by atoms with Gasteiger partial charge in [-0.05, 0) is 35.1 Å². The number of aromatic nitrogens is 1. The van der Waals surface area contributed by atoms with Crippen LogP contribution in [-0.2, 0) is 14.8 Å². The van der Waals surface area contributed by atoms with E-state index in [1.165, 1.54) is 10.5 Å². The number of carbonyl (C=O) groups is 1. The molecule has 0 radical (unpaired) electrons. The first kappa shape index (κ1) is 23.4. The lowest BCUT2D eigenvalue weighted by Crippen LogP contribution is -2.50. The molecule has 0 saturated carbocycles. The summed E-state index contributed by atoms with van der Waals surface area (Å²) in [6, 6.07) is 9.35. The fraction of sp³-hybridized carbons (Fsp3) is 0.478. The van der Waals surface area contributed by atoms with Crippen molar-refractivity contribution in [3.05, 3.63) is 53.9 Å². The summed E-state index contributed by atoms with van der Waals surface area (Å²) in [5.74, 6) is 0.532. The van der Waals surface area contributed by atoms with Gasteiger partial charge >= 0.3 is 0 Å². The molecular weight excluding hydrogens is 412 g/mol. The van der Waals surface area contributed by atoms with Gasteiger partial charge in [-0.15, -0.1) is 0 Å². The van der Waals surface area contributed by atoms with Crippen LogP contribution in [0.25, 0.3) is 0 Å². The minimum absolute atomic E-state index is 0.0708. The summed E-state index contributed by atoms with van der Waals surface area (Å²) < 4.78 is 27.0. The van der Waals surface area contributed by atoms with Gasteiger partial charge in [0.15, 0.2) is 0 Å². The lowest BCUT2D eigenvalue weighted by molar-refractivity contribution is -0.117. The summed E-state index contributed by atoms with van der Waals surface area (Å²) in [7, 11) is -3.55. The predicted molar refractivity (Wildman–Crippen MR) is 123 cm³/mol. The largest absolute Gasteiger partial charge is 0.324 e. The van der Waals surface area contributed by atoms with E-state index in [1.54, 1.807) is 18.3 Å². The lowest BCUT2D eigenvalue weighted by Gasteiger charge is -2.33. The van der Waals surface area contributed by atoms with Gasteiger partial charge < -0.3 is 5.32 Å². The van der Waals surface area contributed by atoms with E-state index in [4.69, 9.17) is 0 Å². The molecule has 2 heterocycles. The molecule has 0 spiro atoms. The maximum absolute atomic E-state index is 12.8. The summed E-state index contributed by atoms with van der Waals surface area (Å²) in [6.07, 6.45) is 2.92. The van der Waals surface area contributed by atoms with E-state index in [-0.39, 0.29) is 17.3 Å². The van der Waals surface area contributed by atoms with Gasteiger partial charge in [0, 0.05) is 44.3 Å². The Balaban J connectivity index is 1.63. The third-order valence-corrected chi connectivity index (χ3v) is 7.49. The topological polar surface area (TPSA) is 82.6 Å². The number of benzene rings is 1. The number of sulfonamides is 1. The van der Waals surface area contributed by atoms with Crippen LogP contribution in [0.3, 0.4) is 0 Å². The molecule has 31 heavy (non-hydrogen) atoms. The SMILES string of the molecule is CC(C)c1cccc(C(C)C)c1NC(=O)CN1CCN(S(=O)(=O)c2cccnc2)CC1. The third kappa shape index (κ3) is 5.50. The number of hydrogen-bond donors (Lipinski definition) is 1. The second-order valence-corrected chi connectivity index (χ2v) is 10.5. The number of nitrogens with one attached hydrogen (secondary N) is 1. The molecule has 0 atom stereocenters. The highest BCUT2D eigenvalue weighted by Gasteiger charge is 2.29. The first-order valence-corrected chi connectivity index (χ1v) is 12.2. The van der Waals surface area contributed by atoms with Crippen molar-refractivity contribution in [2.75, 3.05) is 38.0 Å². The normalized spacial score (nSPS) is 16.1. The zero-order valence-electron chi connectivity index (χ0n) is 18.7. The molecule has 1 aromatic carbocycles. The first-order chi connectivity index (χ1) is 14.7. The number of carbonyl (C=O) groups excluding carboxylic acids is 1. The number of rotatable bonds is 7. The van der Waals surface area contributed by atoms with E-state index in [1.807, 2.05) is 11.0 Å². The Bertz CT molecular complexity index is 972. The van der Waals surface area contributed by atoms with Gasteiger partial charge in [-0.25, -0.2) is 8.42 Å². The highest BCUT2D eigenvalue weighted by molar-refractivity contribution is 7.89. The van der Waals surface area contributed by atoms with Crippen LogP contribution in [0.1, 0.15) is 50.7 Å². The van der Waals surface area contributed by atoms with Crippen molar-refractivity contribution < 1.29 is 13.2 Å². The van der Waals surface area contributed by atoms with Gasteiger partial charge in [0.25, 0.3) is 0 Å². The van der Waals surface area contributed by atoms with Crippen LogP contribution in [0.15, 0.2) is 47.6 Å². The molecule has 8 heteroatoms. The average molecular weight is 445 g/mol. The fourth-order valence-electron chi connectivity index (χ4n) is 3.85. The van der Waals surface area contributed by atoms with Crippen LogP contribution in [0, 0.1) is 0 Å². The molecule has 0 aliphatic carbocycles. The first-order valence-electron chi connectivity index (χ1n) is 10.8. The maximum atomic E-state index is 12.8. The van der Waals surface area contributed by atoms with Gasteiger partial charge in [-0.3, -0.25) is 14.7 Å². The molecule has 7 nitrogen and oxygen atoms in total. The molecule has 168 valence electrons. The second kappa shape index (κ2) is 9.89. The van der Waals surface area contributed by atoms with E-state index in [9.17, 15) is 13.2 Å². The molecule has 1 fully saturated rings. The average Bonchev–Trinajstić information content (AvgIpc) is 2.74. The van der Waals surface area contributed by atoms with Crippen LogP contribution in [0.2, 0.25) is 0 Å². The zero-order valence-corrected chi connectivity index (χ0v) is 19.5. The van der Waals surface area contributed by atoms with Crippen LogP contribution < -0.4 is 5.32 Å². The number of nitrogens with zero attached hydrogens (tertiary/aromatic N) is 3. The van der Waals surface area contributed by atoms with Crippen LogP contribution in [0.5, 0.6) is 0 Å². The number of piperazine rings is 1. The van der Waals surface area contributed by atoms with Gasteiger partial charge in [0.2, 0.25) is 15.9 Å². The number of hydrogen-bond acceptors (Lipinski definition) is 5. The van der Waals surface area contributed by atoms with Crippen molar-refractivity contribution in [3.8, 4) is 0 Å². The van der Waals surface area contributed by atoms with Gasteiger partial charge in [0.1, 0.15) is 4.90 Å². The minimum Gasteiger partial charge on any atom is -0.324 e. The zero-order chi connectivity index (χ0) is 22.6. The Morgan fingerprint density at radius 2 is 1.61 bits per heavy atom. The molecule has 0 bridgehead atoms. The van der Waals surface area contributed by atoms with Crippen molar-refractivity contribution in [2.45, 2.75) is 44.4 Å². The Labute approximate surface area is 185 Å². The van der Waals surface area contributed by atoms with Crippen LogP contribution in [-0.4, -0.2) is 61.2 Å². The molecule has 1 saturated heterocycles. The molecule has 1 aliphatic heterocycles. The van der Waals surface area contributed by atoms with Gasteiger partial charge in [-0.1, -0.05) is 45.9 Å². The number of anilines is 1. The predicted octanol–water partition coefficient (Wildman–Crippen LogP) is 3.27. The summed E-state index contributed by atoms with van der Waals surface area (Å²) >= 11 is 0. The van der Waals surface area contributed by atoms with Crippen LogP contribution in [0.4, 0.5) is 5.69 Å². The summed E-state index contributed by atoms with van der Waals surface area (Å²) in [5, 5.41) is 3.14. The van der Waals surface area contributed by atoms with Crippen molar-refractivity contribution in [1.82, 2.24) is 14.2 Å². The van der Waals surface area contributed by atoms with Crippen molar-refractivity contribution in [2.24, 2.45) is 0 Å². The molecule has 1 aromatic heterocycles. The van der Waals surface area contributed by atoms with E-state index in [0.29, 0.717) is 38.0 Å². The van der Waals surface area contributed by atoms with E-state index in [0.717, 1.165) is 16.8 Å². The van der Waals surface area contributed by atoms with Gasteiger partial charge in [-0.2, -0.15) is 4.31 Å². The van der Waals surface area contributed by atoms with Crippen molar-refractivity contribution >= 4 is 21.6 Å². The Hall–Kier alpha value is -2.29. The van der Waals surface area contributed by atoms with E-state index in [2.05, 4.69) is 50.1 Å². The molecule has 1 N–H and O–H groups in total. The molecule has 1 aliphatic rings. The smallest absolute Gasteiger partial charge is 0.244 e. The monoisotopic (exact) mass is 444 g/mol. The minimum atomic E-state index is -3.55. The van der Waals surface area contributed by atoms with Crippen LogP contribution >= 0.6 is 0 Å². The molecule has 1 amide bonds. The van der Waals surface area contributed by atoms with E-state index >= 15 is 0 Å². The summed E-state index contributed by atoms with van der Waals surface area (Å²) in [4.78, 5) is 18.9. The standard InChI is InChI=1S/C23H32N4O3S/c1-17(2)20-8-5-9-21(18(3)4)23(20)25-22(28)16-26-11-13-27(14-12-26)31(29,30)19-7-6-10-24-15-19/h5-10,15,17-18H,11-14,16H2,1-4H3,(H,25,28). The van der Waals surface area contributed by atoms with Crippen molar-refractivity contribution in [1.29, 1.82) is 0 Å². The molecule has 0 unspecified atom stereocenters. The van der Waals surface area contributed by atoms with Crippen molar-refractivity contribution in [3.63, 3.8) is 0 Å². The Morgan fingerprint density at radius 3 is 2.13 bits per heavy atom. The Kier molecular flexibility index (Phi) is 7.46. The molecule has 2 aromatic rings. The summed E-state index contributed by atoms with van der Waals surface area (Å²) in [6.45, 7) is 10.5.